The molecule has 1 aromatic rings. The van der Waals surface area contributed by atoms with Gasteiger partial charge in [-0.25, -0.2) is 0 Å². The van der Waals surface area contributed by atoms with Crippen LogP contribution in [0.25, 0.3) is 0 Å². The van der Waals surface area contributed by atoms with Crippen molar-refractivity contribution >= 4 is 23.4 Å². The monoisotopic (exact) mass is 323 g/mol. The summed E-state index contributed by atoms with van der Waals surface area (Å²) in [6, 6.07) is 7.38. The van der Waals surface area contributed by atoms with Gasteiger partial charge in [0.2, 0.25) is 11.8 Å². The molecule has 3 N–H and O–H groups in total. The average molecular weight is 324 g/mol. The van der Waals surface area contributed by atoms with Crippen molar-refractivity contribution in [1.29, 1.82) is 0 Å². The van der Waals surface area contributed by atoms with Crippen molar-refractivity contribution in [1.82, 2.24) is 10.2 Å². The Hall–Kier alpha value is -1.59. The van der Waals surface area contributed by atoms with Gasteiger partial charge in [0.15, 0.2) is 0 Å². The van der Waals surface area contributed by atoms with Crippen molar-refractivity contribution in [3.8, 4) is 0 Å². The molecule has 1 aliphatic heterocycles. The number of nitrogens with zero attached hydrogens (tertiary/aromatic N) is 1. The number of likely N-dealkylation sites (tertiary alicyclic amines) is 1. The summed E-state index contributed by atoms with van der Waals surface area (Å²) in [6.07, 6.45) is 1.46. The number of halogens is 1. The molecule has 0 unspecified atom stereocenters. The van der Waals surface area contributed by atoms with Crippen molar-refractivity contribution in [2.45, 2.75) is 25.8 Å². The zero-order chi connectivity index (χ0) is 16.1. The number of rotatable bonds is 5. The van der Waals surface area contributed by atoms with Crippen LogP contribution in [0.3, 0.4) is 0 Å². The normalized spacial score (nSPS) is 17.9. The third-order valence-electron chi connectivity index (χ3n) is 4.08. The topological polar surface area (TPSA) is 75.4 Å². The van der Waals surface area contributed by atoms with E-state index >= 15 is 0 Å². The van der Waals surface area contributed by atoms with E-state index in [1.54, 1.807) is 0 Å². The Morgan fingerprint density at radius 3 is 2.68 bits per heavy atom. The second-order valence-electron chi connectivity index (χ2n) is 5.80. The fraction of sp³-hybridized carbons (Fsp3) is 0.500. The molecule has 1 saturated heterocycles. The van der Waals surface area contributed by atoms with Gasteiger partial charge in [-0.2, -0.15) is 0 Å². The molecule has 1 atom stereocenters. The summed E-state index contributed by atoms with van der Waals surface area (Å²) in [4.78, 5) is 25.3. The molecule has 120 valence electrons. The van der Waals surface area contributed by atoms with Crippen LogP contribution in [0.1, 0.15) is 31.4 Å². The number of hydrogen-bond donors (Lipinski definition) is 2. The molecular weight excluding hydrogens is 302 g/mol. The van der Waals surface area contributed by atoms with Crippen LogP contribution >= 0.6 is 11.6 Å². The van der Waals surface area contributed by atoms with Gasteiger partial charge in [0.05, 0.1) is 12.6 Å². The highest BCUT2D eigenvalue weighted by Crippen LogP contribution is 2.18. The summed E-state index contributed by atoms with van der Waals surface area (Å²) in [5.74, 6) is -0.312. The maximum absolute atomic E-state index is 12.1. The highest BCUT2D eigenvalue weighted by molar-refractivity contribution is 6.30. The standard InChI is InChI=1S/C16H22ClN3O2/c1-11(13-3-2-4-14(17)9-13)19-15(21)10-20-7-5-12(6-8-20)16(18)22/h2-4,9,11-12H,5-8,10H2,1H3,(H2,18,22)(H,19,21)/t11-/m0/s1. The lowest BCUT2D eigenvalue weighted by molar-refractivity contribution is -0.124. The lowest BCUT2D eigenvalue weighted by atomic mass is 9.96. The van der Waals surface area contributed by atoms with Crippen LogP contribution in [-0.2, 0) is 9.59 Å². The van der Waals surface area contributed by atoms with Gasteiger partial charge >= 0.3 is 0 Å². The number of nitrogens with one attached hydrogen (secondary N) is 1. The van der Waals surface area contributed by atoms with Crippen molar-refractivity contribution in [3.05, 3.63) is 34.9 Å². The Morgan fingerprint density at radius 1 is 1.41 bits per heavy atom. The van der Waals surface area contributed by atoms with E-state index in [2.05, 4.69) is 10.2 Å². The Balaban J connectivity index is 1.80. The number of nitrogens with two attached hydrogens (primary N) is 1. The lowest BCUT2D eigenvalue weighted by Crippen LogP contribution is -2.44. The summed E-state index contributed by atoms with van der Waals surface area (Å²) >= 11 is 5.96. The minimum atomic E-state index is -0.237. The molecule has 0 radical (unpaired) electrons. The molecule has 6 heteroatoms. The van der Waals surface area contributed by atoms with E-state index in [4.69, 9.17) is 17.3 Å². The zero-order valence-corrected chi connectivity index (χ0v) is 13.5. The fourth-order valence-electron chi connectivity index (χ4n) is 2.73. The fourth-order valence-corrected chi connectivity index (χ4v) is 2.92. The first-order valence-electron chi connectivity index (χ1n) is 7.52. The highest BCUT2D eigenvalue weighted by Gasteiger charge is 2.24. The largest absolute Gasteiger partial charge is 0.369 e. The predicted octanol–water partition coefficient (Wildman–Crippen LogP) is 1.71. The van der Waals surface area contributed by atoms with Gasteiger partial charge in [-0.15, -0.1) is 0 Å². The minimum Gasteiger partial charge on any atom is -0.369 e. The van der Waals surface area contributed by atoms with Crippen LogP contribution in [0.5, 0.6) is 0 Å². The van der Waals surface area contributed by atoms with Gasteiger partial charge in [-0.05, 0) is 50.6 Å². The number of amides is 2. The SMILES string of the molecule is C[C@H](NC(=O)CN1CCC(C(N)=O)CC1)c1cccc(Cl)c1. The molecule has 1 aliphatic rings. The number of carbonyl (C=O) groups excluding carboxylic acids is 2. The van der Waals surface area contributed by atoms with Crippen LogP contribution < -0.4 is 11.1 Å². The quantitative estimate of drug-likeness (QED) is 0.866. The van der Waals surface area contributed by atoms with Gasteiger partial charge in [0.25, 0.3) is 0 Å². The van der Waals surface area contributed by atoms with Gasteiger partial charge in [0.1, 0.15) is 0 Å². The van der Waals surface area contributed by atoms with E-state index in [9.17, 15) is 9.59 Å². The van der Waals surface area contributed by atoms with Crippen LogP contribution in [0.2, 0.25) is 5.02 Å². The second kappa shape index (κ2) is 7.61. The van der Waals surface area contributed by atoms with Crippen molar-refractivity contribution in [2.24, 2.45) is 11.7 Å². The first-order valence-corrected chi connectivity index (χ1v) is 7.90. The lowest BCUT2D eigenvalue weighted by Gasteiger charge is -2.30. The van der Waals surface area contributed by atoms with Crippen molar-refractivity contribution < 1.29 is 9.59 Å². The Labute approximate surface area is 135 Å². The molecule has 0 aliphatic carbocycles. The maximum Gasteiger partial charge on any atom is 0.234 e. The second-order valence-corrected chi connectivity index (χ2v) is 6.23. The predicted molar refractivity (Wildman–Crippen MR) is 86.4 cm³/mol. The summed E-state index contributed by atoms with van der Waals surface area (Å²) in [6.45, 7) is 3.73. The first kappa shape index (κ1) is 16.8. The summed E-state index contributed by atoms with van der Waals surface area (Å²) in [5.41, 5.74) is 6.29. The molecule has 0 spiro atoms. The Bertz CT molecular complexity index is 542. The van der Waals surface area contributed by atoms with Gasteiger partial charge < -0.3 is 11.1 Å². The third-order valence-corrected chi connectivity index (χ3v) is 4.32. The third kappa shape index (κ3) is 4.71. The molecule has 2 rings (SSSR count). The Kier molecular flexibility index (Phi) is 5.80. The molecule has 0 saturated carbocycles. The summed E-state index contributed by atoms with van der Waals surface area (Å²) in [5, 5.41) is 3.63. The molecule has 5 nitrogen and oxygen atoms in total. The van der Waals surface area contributed by atoms with Crippen LogP contribution in [0, 0.1) is 5.92 Å². The Morgan fingerprint density at radius 2 is 2.09 bits per heavy atom. The molecule has 0 aromatic heterocycles. The van der Waals surface area contributed by atoms with Crippen molar-refractivity contribution in [2.75, 3.05) is 19.6 Å². The molecule has 1 fully saturated rings. The highest BCUT2D eigenvalue weighted by atomic mass is 35.5. The number of primary amides is 1. The van der Waals surface area contributed by atoms with Crippen LogP contribution in [0.4, 0.5) is 0 Å². The molecule has 0 bridgehead atoms. The average Bonchev–Trinajstić information content (AvgIpc) is 2.47. The van der Waals surface area contributed by atoms with Crippen LogP contribution in [0.15, 0.2) is 24.3 Å². The first-order chi connectivity index (χ1) is 10.5. The number of hydrogen-bond acceptors (Lipinski definition) is 3. The number of carbonyl (C=O) groups is 2. The smallest absolute Gasteiger partial charge is 0.234 e. The van der Waals surface area contributed by atoms with Gasteiger partial charge in [-0.1, -0.05) is 23.7 Å². The van der Waals surface area contributed by atoms with E-state index in [1.165, 1.54) is 0 Å². The number of piperidine rings is 1. The van der Waals surface area contributed by atoms with Gasteiger partial charge in [0, 0.05) is 10.9 Å². The van der Waals surface area contributed by atoms with E-state index in [-0.39, 0.29) is 23.8 Å². The summed E-state index contributed by atoms with van der Waals surface area (Å²) < 4.78 is 0. The maximum atomic E-state index is 12.1. The number of benzene rings is 1. The van der Waals surface area contributed by atoms with E-state index in [0.717, 1.165) is 31.5 Å². The molecule has 2 amide bonds. The zero-order valence-electron chi connectivity index (χ0n) is 12.7. The van der Waals surface area contributed by atoms with Crippen LogP contribution in [-0.4, -0.2) is 36.3 Å². The van der Waals surface area contributed by atoms with E-state index in [1.807, 2.05) is 31.2 Å². The van der Waals surface area contributed by atoms with Crippen molar-refractivity contribution in [3.63, 3.8) is 0 Å². The van der Waals surface area contributed by atoms with Gasteiger partial charge in [-0.3, -0.25) is 14.5 Å². The van der Waals surface area contributed by atoms with E-state index < -0.39 is 0 Å². The summed E-state index contributed by atoms with van der Waals surface area (Å²) in [7, 11) is 0. The molecular formula is C16H22ClN3O2. The minimum absolute atomic E-state index is 0.0231. The molecule has 22 heavy (non-hydrogen) atoms. The van der Waals surface area contributed by atoms with E-state index in [0.29, 0.717) is 11.6 Å². The molecule has 1 aromatic carbocycles. The molecule has 1 heterocycles.